The van der Waals surface area contributed by atoms with Crippen LogP contribution < -0.4 is 11.5 Å². The van der Waals surface area contributed by atoms with Crippen molar-refractivity contribution >= 4 is 11.9 Å². The van der Waals surface area contributed by atoms with Crippen LogP contribution in [0.2, 0.25) is 0 Å². The van der Waals surface area contributed by atoms with Gasteiger partial charge in [0.05, 0.1) is 11.0 Å². The van der Waals surface area contributed by atoms with E-state index in [1.165, 1.54) is 19.1 Å². The summed E-state index contributed by atoms with van der Waals surface area (Å²) in [5, 5.41) is 0. The minimum atomic E-state index is -4.27. The summed E-state index contributed by atoms with van der Waals surface area (Å²) in [5.74, 6) is 0.986. The van der Waals surface area contributed by atoms with Gasteiger partial charge in [-0.1, -0.05) is 19.1 Å². The Labute approximate surface area is 147 Å². The normalized spacial score (nSPS) is 33.0. The lowest BCUT2D eigenvalue weighted by atomic mass is 9.74. The lowest BCUT2D eigenvalue weighted by molar-refractivity contribution is -0.204. The molecule has 2 unspecified atom stereocenters. The van der Waals surface area contributed by atoms with Crippen LogP contribution in [0.1, 0.15) is 46.5 Å². The van der Waals surface area contributed by atoms with Crippen LogP contribution in [0.5, 0.6) is 0 Å². The molecule has 0 saturated carbocycles. The van der Waals surface area contributed by atoms with E-state index in [4.69, 9.17) is 11.5 Å². The standard InChI is InChI=1S/C17H28F3N5/c1-12-4-10-25(11-5-12)14(22)23-13(21)24-16(3)8-6-15(2,7-9-16)17(18,19)20/h6,8,12H,4-5,7,9-11H2,1-3H3,(H4,21,22,23,24). The van der Waals surface area contributed by atoms with Crippen molar-refractivity contribution in [2.75, 3.05) is 13.1 Å². The first-order valence-corrected chi connectivity index (χ1v) is 8.66. The summed E-state index contributed by atoms with van der Waals surface area (Å²) in [4.78, 5) is 10.4. The number of halogens is 3. The Bertz CT molecular complexity index is 575. The van der Waals surface area contributed by atoms with Gasteiger partial charge in [-0.2, -0.15) is 18.2 Å². The van der Waals surface area contributed by atoms with Gasteiger partial charge in [-0.05, 0) is 45.4 Å². The van der Waals surface area contributed by atoms with Crippen LogP contribution in [0.3, 0.4) is 0 Å². The lowest BCUT2D eigenvalue weighted by Gasteiger charge is -2.37. The quantitative estimate of drug-likeness (QED) is 0.429. The molecule has 0 spiro atoms. The topological polar surface area (TPSA) is 80.0 Å². The number of piperidine rings is 1. The molecule has 1 fully saturated rings. The minimum Gasteiger partial charge on any atom is -0.369 e. The van der Waals surface area contributed by atoms with Crippen molar-refractivity contribution in [3.63, 3.8) is 0 Å². The highest BCUT2D eigenvalue weighted by atomic mass is 19.4. The van der Waals surface area contributed by atoms with Crippen LogP contribution in [0.25, 0.3) is 0 Å². The van der Waals surface area contributed by atoms with E-state index in [1.807, 2.05) is 4.90 Å². The van der Waals surface area contributed by atoms with Gasteiger partial charge in [0.25, 0.3) is 0 Å². The third-order valence-electron chi connectivity index (χ3n) is 5.31. The summed E-state index contributed by atoms with van der Waals surface area (Å²) < 4.78 is 39.3. The minimum absolute atomic E-state index is 0.00103. The molecule has 0 radical (unpaired) electrons. The number of alkyl halides is 3. The Morgan fingerprint density at radius 3 is 2.20 bits per heavy atom. The zero-order valence-electron chi connectivity index (χ0n) is 15.1. The predicted octanol–water partition coefficient (Wildman–Crippen LogP) is 3.03. The molecule has 1 aliphatic heterocycles. The van der Waals surface area contributed by atoms with Gasteiger partial charge in [0, 0.05) is 13.1 Å². The van der Waals surface area contributed by atoms with Crippen LogP contribution in [-0.2, 0) is 0 Å². The molecule has 0 aromatic rings. The lowest BCUT2D eigenvalue weighted by Crippen LogP contribution is -2.43. The molecule has 1 aliphatic carbocycles. The number of rotatable bonds is 1. The second-order valence-corrected chi connectivity index (χ2v) is 7.72. The maximum Gasteiger partial charge on any atom is 0.397 e. The molecule has 2 atom stereocenters. The van der Waals surface area contributed by atoms with Crippen molar-refractivity contribution < 1.29 is 13.2 Å². The van der Waals surface area contributed by atoms with Crippen molar-refractivity contribution in [3.05, 3.63) is 12.2 Å². The molecule has 8 heteroatoms. The molecule has 0 amide bonds. The Kier molecular flexibility index (Phi) is 5.39. The fraction of sp³-hybridized carbons (Fsp3) is 0.765. The van der Waals surface area contributed by atoms with Crippen molar-refractivity contribution in [1.82, 2.24) is 4.90 Å². The molecular weight excluding hydrogens is 331 g/mol. The van der Waals surface area contributed by atoms with E-state index in [9.17, 15) is 13.2 Å². The smallest absolute Gasteiger partial charge is 0.369 e. The molecule has 0 aromatic carbocycles. The van der Waals surface area contributed by atoms with Crippen LogP contribution in [-0.4, -0.2) is 41.6 Å². The average Bonchev–Trinajstić information content (AvgIpc) is 2.50. The van der Waals surface area contributed by atoms with E-state index in [0.717, 1.165) is 25.9 Å². The number of guanidine groups is 2. The molecule has 1 saturated heterocycles. The van der Waals surface area contributed by atoms with E-state index in [0.29, 0.717) is 11.9 Å². The number of allylic oxidation sites excluding steroid dienone is 1. The largest absolute Gasteiger partial charge is 0.397 e. The summed E-state index contributed by atoms with van der Waals surface area (Å²) in [5.41, 5.74) is 9.26. The van der Waals surface area contributed by atoms with Gasteiger partial charge in [-0.15, -0.1) is 0 Å². The maximum absolute atomic E-state index is 13.1. The van der Waals surface area contributed by atoms with E-state index in [-0.39, 0.29) is 18.8 Å². The van der Waals surface area contributed by atoms with Crippen LogP contribution in [0.15, 0.2) is 22.1 Å². The number of nitrogens with zero attached hydrogens (tertiary/aromatic N) is 3. The average molecular weight is 359 g/mol. The Morgan fingerprint density at radius 1 is 1.12 bits per heavy atom. The Balaban J connectivity index is 2.09. The van der Waals surface area contributed by atoms with E-state index < -0.39 is 17.1 Å². The SMILES string of the molecule is CC1CCN(C(N)=NC(N)=NC2(C)C=CC(C)(C(F)(F)F)CC2)CC1. The Morgan fingerprint density at radius 2 is 1.72 bits per heavy atom. The van der Waals surface area contributed by atoms with Crippen LogP contribution >= 0.6 is 0 Å². The van der Waals surface area contributed by atoms with Gasteiger partial charge in [-0.25, -0.2) is 4.99 Å². The van der Waals surface area contributed by atoms with Gasteiger partial charge >= 0.3 is 6.18 Å². The molecule has 0 bridgehead atoms. The molecule has 142 valence electrons. The first kappa shape index (κ1) is 19.6. The zero-order chi connectivity index (χ0) is 18.9. The van der Waals surface area contributed by atoms with E-state index in [1.54, 1.807) is 6.92 Å². The summed E-state index contributed by atoms with van der Waals surface area (Å²) in [6.07, 6.45) is 0.694. The predicted molar refractivity (Wildman–Crippen MR) is 94.2 cm³/mol. The number of hydrogen-bond acceptors (Lipinski definition) is 1. The molecule has 0 aromatic heterocycles. The van der Waals surface area contributed by atoms with Gasteiger partial charge in [-0.3, -0.25) is 0 Å². The van der Waals surface area contributed by atoms with Gasteiger partial charge in [0.15, 0.2) is 5.96 Å². The highest BCUT2D eigenvalue weighted by Crippen LogP contribution is 2.47. The number of nitrogens with two attached hydrogens (primary N) is 2. The molecule has 1 heterocycles. The summed E-state index contributed by atoms with van der Waals surface area (Å²) in [6, 6.07) is 0. The van der Waals surface area contributed by atoms with Crippen LogP contribution in [0.4, 0.5) is 13.2 Å². The first-order valence-electron chi connectivity index (χ1n) is 8.66. The number of likely N-dealkylation sites (tertiary alicyclic amines) is 1. The third-order valence-corrected chi connectivity index (χ3v) is 5.31. The first-order chi connectivity index (χ1) is 11.4. The van der Waals surface area contributed by atoms with Gasteiger partial charge in [0.2, 0.25) is 5.96 Å². The third kappa shape index (κ3) is 4.67. The highest BCUT2D eigenvalue weighted by molar-refractivity contribution is 5.93. The van der Waals surface area contributed by atoms with Gasteiger partial charge < -0.3 is 16.4 Å². The number of aliphatic imine (C=N–C) groups is 2. The summed E-state index contributed by atoms with van der Waals surface area (Å²) in [6.45, 7) is 6.80. The summed E-state index contributed by atoms with van der Waals surface area (Å²) >= 11 is 0. The molecule has 2 aliphatic rings. The van der Waals surface area contributed by atoms with E-state index >= 15 is 0 Å². The van der Waals surface area contributed by atoms with Crippen LogP contribution in [0, 0.1) is 11.3 Å². The fourth-order valence-corrected chi connectivity index (χ4v) is 3.08. The summed E-state index contributed by atoms with van der Waals surface area (Å²) in [7, 11) is 0. The second kappa shape index (κ2) is 6.88. The maximum atomic E-state index is 13.1. The molecule has 4 N–H and O–H groups in total. The number of hydrogen-bond donors (Lipinski definition) is 2. The molecule has 5 nitrogen and oxygen atoms in total. The molecule has 2 rings (SSSR count). The fourth-order valence-electron chi connectivity index (χ4n) is 3.08. The van der Waals surface area contributed by atoms with Crippen molar-refractivity contribution in [2.24, 2.45) is 32.8 Å². The van der Waals surface area contributed by atoms with Crippen molar-refractivity contribution in [1.29, 1.82) is 0 Å². The monoisotopic (exact) mass is 359 g/mol. The van der Waals surface area contributed by atoms with Crippen molar-refractivity contribution in [2.45, 2.75) is 58.2 Å². The highest BCUT2D eigenvalue weighted by Gasteiger charge is 2.51. The van der Waals surface area contributed by atoms with E-state index in [2.05, 4.69) is 16.9 Å². The van der Waals surface area contributed by atoms with Gasteiger partial charge in [0.1, 0.15) is 0 Å². The molecular formula is C17H28F3N5. The Hall–Kier alpha value is -1.73. The van der Waals surface area contributed by atoms with Crippen molar-refractivity contribution in [3.8, 4) is 0 Å². The second-order valence-electron chi connectivity index (χ2n) is 7.72. The molecule has 25 heavy (non-hydrogen) atoms. The zero-order valence-corrected chi connectivity index (χ0v) is 15.1.